The van der Waals surface area contributed by atoms with Crippen LogP contribution in [0.15, 0.2) is 6.20 Å². The fraction of sp³-hybridized carbons (Fsp3) is 0.615. The first-order valence-electron chi connectivity index (χ1n) is 6.98. The Morgan fingerprint density at radius 2 is 2.10 bits per heavy atom. The molecule has 0 aliphatic heterocycles. The molecule has 0 spiro atoms. The highest BCUT2D eigenvalue weighted by molar-refractivity contribution is 5.98. The second kappa shape index (κ2) is 6.40. The summed E-state index contributed by atoms with van der Waals surface area (Å²) in [5.74, 6) is -1.01. The maximum atomic E-state index is 11.9. The Kier molecular flexibility index (Phi) is 4.60. The monoisotopic (exact) mass is 280 g/mol. The summed E-state index contributed by atoms with van der Waals surface area (Å²) in [7, 11) is 0. The van der Waals surface area contributed by atoms with Crippen LogP contribution in [-0.4, -0.2) is 32.9 Å². The van der Waals surface area contributed by atoms with Gasteiger partial charge in [-0.25, -0.2) is 9.59 Å². The molecule has 20 heavy (non-hydrogen) atoms. The summed E-state index contributed by atoms with van der Waals surface area (Å²) in [4.78, 5) is 23.0. The molecular formula is C13H20N4O3. The number of hydrogen-bond acceptors (Lipinski definition) is 3. The SMILES string of the molecule is CCn1cc(C(=O)O)c(NC(=O)NC2CCCCC2)n1. The molecule has 0 radical (unpaired) electrons. The average molecular weight is 280 g/mol. The van der Waals surface area contributed by atoms with E-state index in [2.05, 4.69) is 15.7 Å². The third kappa shape index (κ3) is 3.49. The van der Waals surface area contributed by atoms with Crippen LogP contribution in [0.3, 0.4) is 0 Å². The van der Waals surface area contributed by atoms with Crippen molar-refractivity contribution in [2.24, 2.45) is 0 Å². The van der Waals surface area contributed by atoms with E-state index in [9.17, 15) is 9.59 Å². The predicted molar refractivity (Wildman–Crippen MR) is 73.9 cm³/mol. The number of nitrogens with one attached hydrogen (secondary N) is 2. The standard InChI is InChI=1S/C13H20N4O3/c1-2-17-8-10(12(18)19)11(16-17)15-13(20)14-9-6-4-3-5-7-9/h8-9H,2-7H2,1H3,(H,18,19)(H2,14,15,16,20). The number of amides is 2. The van der Waals surface area contributed by atoms with Crippen molar-refractivity contribution < 1.29 is 14.7 Å². The molecule has 1 fully saturated rings. The summed E-state index contributed by atoms with van der Waals surface area (Å²) in [5.41, 5.74) is 0.00523. The van der Waals surface area contributed by atoms with Crippen LogP contribution in [0.1, 0.15) is 49.4 Å². The number of carboxylic acid groups (broad SMARTS) is 1. The topological polar surface area (TPSA) is 96.3 Å². The maximum Gasteiger partial charge on any atom is 0.341 e. The second-order valence-electron chi connectivity index (χ2n) is 4.99. The molecule has 1 aromatic rings. The van der Waals surface area contributed by atoms with Crippen molar-refractivity contribution in [3.8, 4) is 0 Å². The molecule has 7 nitrogen and oxygen atoms in total. The molecule has 0 saturated heterocycles. The molecule has 0 aromatic carbocycles. The Balaban J connectivity index is 1.99. The maximum absolute atomic E-state index is 11.9. The van der Waals surface area contributed by atoms with Gasteiger partial charge >= 0.3 is 12.0 Å². The number of carboxylic acids is 1. The number of carbonyl (C=O) groups is 2. The number of anilines is 1. The first kappa shape index (κ1) is 14.4. The fourth-order valence-corrected chi connectivity index (χ4v) is 2.41. The van der Waals surface area contributed by atoms with Crippen molar-refractivity contribution in [2.45, 2.75) is 51.6 Å². The smallest absolute Gasteiger partial charge is 0.341 e. The van der Waals surface area contributed by atoms with Gasteiger partial charge in [-0.2, -0.15) is 5.10 Å². The summed E-state index contributed by atoms with van der Waals surface area (Å²) in [6, 6.07) is -0.217. The van der Waals surface area contributed by atoms with Gasteiger partial charge in [0.1, 0.15) is 5.56 Å². The number of aryl methyl sites for hydroxylation is 1. The lowest BCUT2D eigenvalue weighted by Gasteiger charge is -2.22. The molecule has 110 valence electrons. The molecule has 3 N–H and O–H groups in total. The van der Waals surface area contributed by atoms with Crippen LogP contribution in [0.25, 0.3) is 0 Å². The van der Waals surface area contributed by atoms with Gasteiger partial charge in [0.2, 0.25) is 0 Å². The van der Waals surface area contributed by atoms with Crippen LogP contribution in [0.2, 0.25) is 0 Å². The molecule has 1 aromatic heterocycles. The summed E-state index contributed by atoms with van der Waals surface area (Å²) < 4.78 is 1.49. The van der Waals surface area contributed by atoms with Gasteiger partial charge in [-0.05, 0) is 19.8 Å². The molecule has 2 rings (SSSR count). The molecule has 7 heteroatoms. The molecule has 1 aliphatic carbocycles. The zero-order valence-corrected chi connectivity index (χ0v) is 11.6. The highest BCUT2D eigenvalue weighted by Crippen LogP contribution is 2.18. The lowest BCUT2D eigenvalue weighted by Crippen LogP contribution is -2.39. The first-order chi connectivity index (χ1) is 9.60. The molecule has 0 bridgehead atoms. The second-order valence-corrected chi connectivity index (χ2v) is 4.99. The zero-order chi connectivity index (χ0) is 14.5. The molecule has 0 atom stereocenters. The molecule has 1 heterocycles. The number of urea groups is 1. The summed E-state index contributed by atoms with van der Waals surface area (Å²) in [6.45, 7) is 2.40. The van der Waals surface area contributed by atoms with E-state index in [0.717, 1.165) is 25.7 Å². The Hall–Kier alpha value is -2.05. The van der Waals surface area contributed by atoms with Crippen LogP contribution in [0.5, 0.6) is 0 Å². The minimum atomic E-state index is -1.10. The summed E-state index contributed by atoms with van der Waals surface area (Å²) in [6.07, 6.45) is 6.82. The van der Waals surface area contributed by atoms with Crippen LogP contribution < -0.4 is 10.6 Å². The Labute approximate surface area is 117 Å². The average Bonchev–Trinajstić information content (AvgIpc) is 2.83. The molecule has 1 saturated carbocycles. The van der Waals surface area contributed by atoms with Gasteiger partial charge in [-0.15, -0.1) is 0 Å². The highest BCUT2D eigenvalue weighted by Gasteiger charge is 2.20. The van der Waals surface area contributed by atoms with Crippen molar-refractivity contribution in [3.05, 3.63) is 11.8 Å². The minimum Gasteiger partial charge on any atom is -0.477 e. The number of hydrogen-bond donors (Lipinski definition) is 3. The van der Waals surface area contributed by atoms with E-state index >= 15 is 0 Å². The van der Waals surface area contributed by atoms with E-state index in [1.807, 2.05) is 6.92 Å². The molecule has 0 unspecified atom stereocenters. The number of aromatic nitrogens is 2. The number of rotatable bonds is 4. The molecular weight excluding hydrogens is 260 g/mol. The van der Waals surface area contributed by atoms with Gasteiger partial charge in [0, 0.05) is 18.8 Å². The van der Waals surface area contributed by atoms with Crippen molar-refractivity contribution in [1.29, 1.82) is 0 Å². The normalized spacial score (nSPS) is 15.8. The minimum absolute atomic E-state index is 0.00523. The van der Waals surface area contributed by atoms with Crippen LogP contribution in [-0.2, 0) is 6.54 Å². The fourth-order valence-electron chi connectivity index (χ4n) is 2.41. The Morgan fingerprint density at radius 1 is 1.40 bits per heavy atom. The zero-order valence-electron chi connectivity index (χ0n) is 11.6. The largest absolute Gasteiger partial charge is 0.477 e. The lowest BCUT2D eigenvalue weighted by molar-refractivity contribution is 0.0698. The predicted octanol–water partition coefficient (Wildman–Crippen LogP) is 2.06. The van der Waals surface area contributed by atoms with Crippen molar-refractivity contribution in [3.63, 3.8) is 0 Å². The van der Waals surface area contributed by atoms with Gasteiger partial charge in [0.05, 0.1) is 0 Å². The quantitative estimate of drug-likeness (QED) is 0.786. The van der Waals surface area contributed by atoms with E-state index in [0.29, 0.717) is 6.54 Å². The highest BCUT2D eigenvalue weighted by atomic mass is 16.4. The van der Waals surface area contributed by atoms with E-state index in [-0.39, 0.29) is 23.5 Å². The van der Waals surface area contributed by atoms with E-state index < -0.39 is 5.97 Å². The van der Waals surface area contributed by atoms with Gasteiger partial charge in [0.15, 0.2) is 5.82 Å². The number of carbonyl (C=O) groups excluding carboxylic acids is 1. The van der Waals surface area contributed by atoms with Gasteiger partial charge in [-0.3, -0.25) is 10.00 Å². The van der Waals surface area contributed by atoms with E-state index in [1.165, 1.54) is 17.3 Å². The van der Waals surface area contributed by atoms with Crippen molar-refractivity contribution in [2.75, 3.05) is 5.32 Å². The third-order valence-corrected chi connectivity index (χ3v) is 3.49. The molecule has 2 amide bonds. The van der Waals surface area contributed by atoms with Gasteiger partial charge in [-0.1, -0.05) is 19.3 Å². The molecule has 1 aliphatic rings. The van der Waals surface area contributed by atoms with Gasteiger partial charge < -0.3 is 10.4 Å². The van der Waals surface area contributed by atoms with Crippen LogP contribution >= 0.6 is 0 Å². The van der Waals surface area contributed by atoms with E-state index in [1.54, 1.807) is 0 Å². The summed E-state index contributed by atoms with van der Waals surface area (Å²) >= 11 is 0. The van der Waals surface area contributed by atoms with Crippen LogP contribution in [0, 0.1) is 0 Å². The van der Waals surface area contributed by atoms with Crippen LogP contribution in [0.4, 0.5) is 10.6 Å². The Morgan fingerprint density at radius 3 is 2.70 bits per heavy atom. The van der Waals surface area contributed by atoms with Crippen molar-refractivity contribution >= 4 is 17.8 Å². The first-order valence-corrected chi connectivity index (χ1v) is 6.98. The lowest BCUT2D eigenvalue weighted by atomic mass is 9.96. The number of aromatic carboxylic acids is 1. The third-order valence-electron chi connectivity index (χ3n) is 3.49. The van der Waals surface area contributed by atoms with Gasteiger partial charge in [0.25, 0.3) is 0 Å². The Bertz CT molecular complexity index is 492. The van der Waals surface area contributed by atoms with Crippen molar-refractivity contribution in [1.82, 2.24) is 15.1 Å². The summed E-state index contributed by atoms with van der Waals surface area (Å²) in [5, 5.41) is 18.5. The van der Waals surface area contributed by atoms with E-state index in [4.69, 9.17) is 5.11 Å². The number of nitrogens with zero attached hydrogens (tertiary/aromatic N) is 2.